The molecule has 1 unspecified atom stereocenters. The van der Waals surface area contributed by atoms with Crippen molar-refractivity contribution in [3.8, 4) is 0 Å². The third kappa shape index (κ3) is 1.42. The van der Waals surface area contributed by atoms with E-state index < -0.39 is 32.5 Å². The zero-order valence-corrected chi connectivity index (χ0v) is 6.37. The number of hydrazine groups is 1. The van der Waals surface area contributed by atoms with Crippen molar-refractivity contribution in [1.29, 1.82) is 0 Å². The molecule has 0 aromatic carbocycles. The predicted molar refractivity (Wildman–Crippen MR) is 38.1 cm³/mol. The molecule has 1 aliphatic heterocycles. The molecule has 0 bridgehead atoms. The summed E-state index contributed by atoms with van der Waals surface area (Å²) < 4.78 is 0. The summed E-state index contributed by atoms with van der Waals surface area (Å²) in [5.74, 6) is -1.02. The Balaban J connectivity index is 3.15. The highest BCUT2D eigenvalue weighted by Gasteiger charge is 2.51. The van der Waals surface area contributed by atoms with E-state index in [1.165, 1.54) is 0 Å². The summed E-state index contributed by atoms with van der Waals surface area (Å²) in [7, 11) is 0. The lowest BCUT2D eigenvalue weighted by Crippen LogP contribution is -2.39. The van der Waals surface area contributed by atoms with Gasteiger partial charge in [-0.15, -0.1) is 0 Å². The van der Waals surface area contributed by atoms with Crippen LogP contribution in [0.15, 0.2) is 11.5 Å². The first kappa shape index (κ1) is 9.79. The molecule has 0 fully saturated rings. The Morgan fingerprint density at radius 2 is 1.64 bits per heavy atom. The maximum Gasteiger partial charge on any atom is 0.431 e. The number of hydrogen-bond acceptors (Lipinski definition) is 8. The first-order chi connectivity index (χ1) is 6.45. The second-order valence-electron chi connectivity index (χ2n) is 2.21. The van der Waals surface area contributed by atoms with E-state index in [0.29, 0.717) is 0 Å². The Morgan fingerprint density at radius 1 is 1.07 bits per heavy atom. The van der Waals surface area contributed by atoms with Gasteiger partial charge in [-0.25, -0.2) is 0 Å². The van der Waals surface area contributed by atoms with Gasteiger partial charge in [0.1, 0.15) is 0 Å². The summed E-state index contributed by atoms with van der Waals surface area (Å²) in [5, 5.41) is 30.7. The molecule has 1 heterocycles. The highest BCUT2D eigenvalue weighted by atomic mass is 16.7. The Bertz CT molecular complexity index is 347. The van der Waals surface area contributed by atoms with E-state index in [0.717, 1.165) is 0 Å². The molecule has 14 heavy (non-hydrogen) atoms. The minimum atomic E-state index is -1.91. The molecule has 11 nitrogen and oxygen atoms in total. The summed E-state index contributed by atoms with van der Waals surface area (Å²) in [6.45, 7) is 0. The second-order valence-corrected chi connectivity index (χ2v) is 2.21. The molecule has 0 aromatic rings. The summed E-state index contributed by atoms with van der Waals surface area (Å²) in [5.41, 5.74) is 2.47. The predicted octanol–water partition coefficient (Wildman–Crippen LogP) is -1.58. The van der Waals surface area contributed by atoms with Crippen molar-refractivity contribution in [2.45, 2.75) is 6.17 Å². The van der Waals surface area contributed by atoms with Crippen molar-refractivity contribution in [1.82, 2.24) is 10.9 Å². The van der Waals surface area contributed by atoms with E-state index in [-0.39, 0.29) is 0 Å². The van der Waals surface area contributed by atoms with E-state index in [2.05, 4.69) is 0 Å². The molecule has 2 N–H and O–H groups in total. The van der Waals surface area contributed by atoms with Crippen molar-refractivity contribution in [2.24, 2.45) is 0 Å². The lowest BCUT2D eigenvalue weighted by atomic mass is 10.4. The molecule has 0 saturated heterocycles. The van der Waals surface area contributed by atoms with E-state index in [1.807, 2.05) is 5.43 Å². The van der Waals surface area contributed by atoms with Crippen LogP contribution in [0.1, 0.15) is 0 Å². The van der Waals surface area contributed by atoms with Gasteiger partial charge in [-0.05, 0) is 4.92 Å². The van der Waals surface area contributed by atoms with Gasteiger partial charge < -0.3 is 10.1 Å². The molecule has 0 aliphatic carbocycles. The number of hydrogen-bond donors (Lipinski definition) is 2. The van der Waals surface area contributed by atoms with Crippen LogP contribution in [-0.4, -0.2) is 20.9 Å². The number of nitrogens with one attached hydrogen (secondary N) is 2. The molecule has 0 spiro atoms. The third-order valence-electron chi connectivity index (χ3n) is 1.42. The molecule has 1 atom stereocenters. The molecule has 11 heteroatoms. The smallest absolute Gasteiger partial charge is 0.358 e. The molecule has 0 radical (unpaired) electrons. The fourth-order valence-corrected chi connectivity index (χ4v) is 0.877. The lowest BCUT2D eigenvalue weighted by Gasteiger charge is -1.95. The molecule has 1 rings (SSSR count). The number of nitro groups is 3. The maximum absolute atomic E-state index is 10.3. The second kappa shape index (κ2) is 3.21. The average Bonchev–Trinajstić information content (AvgIpc) is 2.46. The Morgan fingerprint density at radius 3 is 2.00 bits per heavy atom. The first-order valence-electron chi connectivity index (χ1n) is 3.13. The minimum absolute atomic E-state index is 1.02. The zero-order valence-electron chi connectivity index (χ0n) is 6.37. The van der Waals surface area contributed by atoms with Gasteiger partial charge in [-0.2, -0.15) is 5.43 Å². The Labute approximate surface area is 74.8 Å². The van der Waals surface area contributed by atoms with Gasteiger partial charge in [0.15, 0.2) is 0 Å². The van der Waals surface area contributed by atoms with Crippen LogP contribution >= 0.6 is 0 Å². The van der Waals surface area contributed by atoms with E-state index in [1.54, 1.807) is 5.43 Å². The minimum Gasteiger partial charge on any atom is -0.358 e. The van der Waals surface area contributed by atoms with Crippen LogP contribution in [-0.2, 0) is 0 Å². The highest BCUT2D eigenvalue weighted by Crippen LogP contribution is 2.14. The van der Waals surface area contributed by atoms with Gasteiger partial charge in [0.2, 0.25) is 0 Å². The van der Waals surface area contributed by atoms with Gasteiger partial charge >= 0.3 is 17.7 Å². The Hall–Kier alpha value is -2.30. The fourth-order valence-electron chi connectivity index (χ4n) is 0.877. The lowest BCUT2D eigenvalue weighted by molar-refractivity contribution is -0.562. The standard InChI is InChI=1S/C3H3N5O6/c9-6(10)1-2(7(11)12)4-5-3(1)8(13)14/h2,4-5H. The van der Waals surface area contributed by atoms with Gasteiger partial charge in [-0.3, -0.25) is 20.2 Å². The SMILES string of the molecule is O=[N+]([O-])C1=C([N+](=O)[O-])C([N+](=O)[O-])NN1. The van der Waals surface area contributed by atoms with E-state index in [9.17, 15) is 30.3 Å². The summed E-state index contributed by atoms with van der Waals surface area (Å²) in [6.07, 6.45) is -1.91. The molecule has 0 aromatic heterocycles. The number of nitrogens with zero attached hydrogens (tertiary/aromatic N) is 3. The molecule has 0 amide bonds. The van der Waals surface area contributed by atoms with E-state index >= 15 is 0 Å². The van der Waals surface area contributed by atoms with Crippen molar-refractivity contribution < 1.29 is 14.8 Å². The molecular weight excluding hydrogens is 202 g/mol. The Kier molecular flexibility index (Phi) is 2.25. The molecular formula is C3H3N5O6. The molecule has 0 saturated carbocycles. The zero-order chi connectivity index (χ0) is 10.9. The van der Waals surface area contributed by atoms with Crippen LogP contribution in [0.25, 0.3) is 0 Å². The van der Waals surface area contributed by atoms with Crippen LogP contribution in [0, 0.1) is 30.3 Å². The van der Waals surface area contributed by atoms with Gasteiger partial charge in [0, 0.05) is 0 Å². The van der Waals surface area contributed by atoms with Crippen molar-refractivity contribution in [3.05, 3.63) is 41.9 Å². The van der Waals surface area contributed by atoms with Gasteiger partial charge in [0.05, 0.1) is 9.85 Å². The van der Waals surface area contributed by atoms with Crippen LogP contribution in [0.2, 0.25) is 0 Å². The normalized spacial score (nSPS) is 20.4. The molecule has 1 aliphatic rings. The van der Waals surface area contributed by atoms with Crippen LogP contribution in [0.3, 0.4) is 0 Å². The number of rotatable bonds is 3. The summed E-state index contributed by atoms with van der Waals surface area (Å²) >= 11 is 0. The van der Waals surface area contributed by atoms with Crippen molar-refractivity contribution >= 4 is 0 Å². The fraction of sp³-hybridized carbons (Fsp3) is 0.333. The van der Waals surface area contributed by atoms with Gasteiger partial charge in [-0.1, -0.05) is 5.43 Å². The molecule has 76 valence electrons. The monoisotopic (exact) mass is 205 g/mol. The quantitative estimate of drug-likeness (QED) is 0.413. The van der Waals surface area contributed by atoms with Crippen LogP contribution < -0.4 is 10.9 Å². The largest absolute Gasteiger partial charge is 0.431 e. The van der Waals surface area contributed by atoms with Crippen molar-refractivity contribution in [3.63, 3.8) is 0 Å². The van der Waals surface area contributed by atoms with Crippen LogP contribution in [0.4, 0.5) is 0 Å². The van der Waals surface area contributed by atoms with Crippen LogP contribution in [0.5, 0.6) is 0 Å². The third-order valence-corrected chi connectivity index (χ3v) is 1.42. The van der Waals surface area contributed by atoms with Crippen molar-refractivity contribution in [2.75, 3.05) is 0 Å². The highest BCUT2D eigenvalue weighted by molar-refractivity contribution is 5.07. The first-order valence-corrected chi connectivity index (χ1v) is 3.13. The van der Waals surface area contributed by atoms with Gasteiger partial charge in [0.25, 0.3) is 0 Å². The van der Waals surface area contributed by atoms with E-state index in [4.69, 9.17) is 0 Å². The average molecular weight is 205 g/mol. The summed E-state index contributed by atoms with van der Waals surface area (Å²) in [6, 6.07) is 0. The topological polar surface area (TPSA) is 153 Å². The summed E-state index contributed by atoms with van der Waals surface area (Å²) in [4.78, 5) is 27.4. The maximum atomic E-state index is 10.3.